The minimum Gasteiger partial charge on any atom is -0.352 e. The van der Waals surface area contributed by atoms with Crippen molar-refractivity contribution in [3.05, 3.63) is 35.4 Å². The molecule has 1 saturated heterocycles. The largest absolute Gasteiger partial charge is 0.352 e. The van der Waals surface area contributed by atoms with Crippen molar-refractivity contribution in [2.45, 2.75) is 26.3 Å². The average molecular weight is 289 g/mol. The van der Waals surface area contributed by atoms with Gasteiger partial charge in [-0.05, 0) is 12.5 Å². The van der Waals surface area contributed by atoms with Gasteiger partial charge in [0.05, 0.1) is 0 Å². The smallest absolute Gasteiger partial charge is 0.223 e. The average Bonchev–Trinajstić information content (AvgIpc) is 2.53. The number of nitrogens with one attached hydrogen (secondary N) is 2. The van der Waals surface area contributed by atoms with Gasteiger partial charge in [-0.25, -0.2) is 0 Å². The van der Waals surface area contributed by atoms with Gasteiger partial charge in [-0.3, -0.25) is 9.59 Å². The van der Waals surface area contributed by atoms with E-state index in [9.17, 15) is 9.59 Å². The fraction of sp³-hybridized carbons (Fsp3) is 0.500. The van der Waals surface area contributed by atoms with E-state index in [1.165, 1.54) is 5.56 Å². The van der Waals surface area contributed by atoms with Crippen LogP contribution in [-0.2, 0) is 16.1 Å². The molecule has 2 N–H and O–H groups in total. The van der Waals surface area contributed by atoms with Crippen LogP contribution in [0.4, 0.5) is 0 Å². The number of nitrogens with zero attached hydrogens (tertiary/aromatic N) is 1. The van der Waals surface area contributed by atoms with E-state index in [1.54, 1.807) is 0 Å². The molecule has 1 aliphatic heterocycles. The van der Waals surface area contributed by atoms with E-state index in [4.69, 9.17) is 0 Å². The summed E-state index contributed by atoms with van der Waals surface area (Å²) in [4.78, 5) is 25.5. The van der Waals surface area contributed by atoms with Crippen molar-refractivity contribution >= 4 is 11.8 Å². The molecule has 1 aromatic rings. The standard InChI is InChI=1S/C16H23N3O2/c1-13-2-4-14(5-3-13)12-18-15(20)6-7-16(21)19-10-8-17-9-11-19/h2-5,17H,6-12H2,1H3,(H,18,20). The van der Waals surface area contributed by atoms with Crippen LogP contribution in [0.3, 0.4) is 0 Å². The summed E-state index contributed by atoms with van der Waals surface area (Å²) in [6.07, 6.45) is 0.550. The van der Waals surface area contributed by atoms with Crippen molar-refractivity contribution < 1.29 is 9.59 Å². The first kappa shape index (κ1) is 15.5. The predicted molar refractivity (Wildman–Crippen MR) is 81.7 cm³/mol. The summed E-state index contributed by atoms with van der Waals surface area (Å²) < 4.78 is 0. The van der Waals surface area contributed by atoms with Crippen LogP contribution in [0.15, 0.2) is 24.3 Å². The molecule has 1 fully saturated rings. The van der Waals surface area contributed by atoms with Gasteiger partial charge < -0.3 is 15.5 Å². The Hall–Kier alpha value is -1.88. The van der Waals surface area contributed by atoms with E-state index in [1.807, 2.05) is 36.1 Å². The third-order valence-electron chi connectivity index (χ3n) is 3.65. The highest BCUT2D eigenvalue weighted by molar-refractivity contribution is 5.83. The van der Waals surface area contributed by atoms with Crippen LogP contribution in [0, 0.1) is 6.92 Å². The van der Waals surface area contributed by atoms with Crippen LogP contribution >= 0.6 is 0 Å². The van der Waals surface area contributed by atoms with E-state index in [0.29, 0.717) is 13.0 Å². The molecule has 0 bridgehead atoms. The summed E-state index contributed by atoms with van der Waals surface area (Å²) in [5, 5.41) is 6.06. The molecule has 0 saturated carbocycles. The molecule has 0 aromatic heterocycles. The second kappa shape index (κ2) is 7.78. The van der Waals surface area contributed by atoms with Gasteiger partial charge >= 0.3 is 0 Å². The number of piperazine rings is 1. The fourth-order valence-corrected chi connectivity index (χ4v) is 2.29. The molecular formula is C16H23N3O2. The van der Waals surface area contributed by atoms with Gasteiger partial charge in [0.2, 0.25) is 11.8 Å². The Morgan fingerprint density at radius 2 is 1.81 bits per heavy atom. The highest BCUT2D eigenvalue weighted by Crippen LogP contribution is 2.04. The number of benzene rings is 1. The molecule has 114 valence electrons. The van der Waals surface area contributed by atoms with E-state index in [0.717, 1.165) is 31.7 Å². The first-order chi connectivity index (χ1) is 10.1. The Balaban J connectivity index is 1.67. The van der Waals surface area contributed by atoms with E-state index in [2.05, 4.69) is 10.6 Å². The lowest BCUT2D eigenvalue weighted by Gasteiger charge is -2.27. The van der Waals surface area contributed by atoms with Crippen molar-refractivity contribution in [3.8, 4) is 0 Å². The number of carbonyl (C=O) groups is 2. The third-order valence-corrected chi connectivity index (χ3v) is 3.65. The Morgan fingerprint density at radius 1 is 1.14 bits per heavy atom. The summed E-state index contributed by atoms with van der Waals surface area (Å²) in [5.74, 6) is 0.000968. The van der Waals surface area contributed by atoms with E-state index >= 15 is 0 Å². The zero-order chi connectivity index (χ0) is 15.1. The molecular weight excluding hydrogens is 266 g/mol. The van der Waals surface area contributed by atoms with Crippen LogP contribution in [0.1, 0.15) is 24.0 Å². The van der Waals surface area contributed by atoms with Crippen molar-refractivity contribution in [2.24, 2.45) is 0 Å². The SMILES string of the molecule is Cc1ccc(CNC(=O)CCC(=O)N2CCNCC2)cc1. The summed E-state index contributed by atoms with van der Waals surface area (Å²) in [7, 11) is 0. The minimum atomic E-state index is -0.0703. The lowest BCUT2D eigenvalue weighted by Crippen LogP contribution is -2.46. The Bertz CT molecular complexity index is 479. The van der Waals surface area contributed by atoms with Gasteiger partial charge in [0.15, 0.2) is 0 Å². The molecule has 1 aliphatic rings. The van der Waals surface area contributed by atoms with E-state index < -0.39 is 0 Å². The molecule has 0 radical (unpaired) electrons. The van der Waals surface area contributed by atoms with Gasteiger partial charge in [0.1, 0.15) is 0 Å². The summed E-state index contributed by atoms with van der Waals surface area (Å²) in [6, 6.07) is 8.05. The predicted octanol–water partition coefficient (Wildman–Crippen LogP) is 0.823. The monoisotopic (exact) mass is 289 g/mol. The summed E-state index contributed by atoms with van der Waals surface area (Å²) in [5.41, 5.74) is 2.27. The molecule has 5 nitrogen and oxygen atoms in total. The second-order valence-electron chi connectivity index (χ2n) is 5.39. The van der Waals surface area contributed by atoms with Gasteiger partial charge in [-0.2, -0.15) is 0 Å². The third kappa shape index (κ3) is 5.19. The van der Waals surface area contributed by atoms with Gasteiger partial charge in [-0.1, -0.05) is 29.8 Å². The molecule has 2 rings (SSSR count). The molecule has 0 atom stereocenters. The number of hydrogen-bond donors (Lipinski definition) is 2. The maximum absolute atomic E-state index is 11.9. The number of hydrogen-bond acceptors (Lipinski definition) is 3. The van der Waals surface area contributed by atoms with Crippen LogP contribution < -0.4 is 10.6 Å². The fourth-order valence-electron chi connectivity index (χ4n) is 2.29. The zero-order valence-corrected chi connectivity index (χ0v) is 12.5. The number of rotatable bonds is 5. The molecule has 2 amide bonds. The maximum Gasteiger partial charge on any atom is 0.223 e. The number of aryl methyl sites for hydroxylation is 1. The van der Waals surface area contributed by atoms with Gasteiger partial charge in [-0.15, -0.1) is 0 Å². The number of carbonyl (C=O) groups excluding carboxylic acids is 2. The topological polar surface area (TPSA) is 61.4 Å². The van der Waals surface area contributed by atoms with Crippen molar-refractivity contribution in [3.63, 3.8) is 0 Å². The van der Waals surface area contributed by atoms with Gasteiger partial charge in [0.25, 0.3) is 0 Å². The molecule has 21 heavy (non-hydrogen) atoms. The number of amides is 2. The van der Waals surface area contributed by atoms with Crippen LogP contribution in [0.2, 0.25) is 0 Å². The first-order valence-corrected chi connectivity index (χ1v) is 7.46. The Labute approximate surface area is 125 Å². The van der Waals surface area contributed by atoms with E-state index in [-0.39, 0.29) is 18.2 Å². The minimum absolute atomic E-state index is 0.0703. The van der Waals surface area contributed by atoms with Crippen molar-refractivity contribution in [2.75, 3.05) is 26.2 Å². The lowest BCUT2D eigenvalue weighted by atomic mass is 10.1. The summed E-state index contributed by atoms with van der Waals surface area (Å²) in [6.45, 7) is 5.70. The Kier molecular flexibility index (Phi) is 5.75. The highest BCUT2D eigenvalue weighted by atomic mass is 16.2. The summed E-state index contributed by atoms with van der Waals surface area (Å²) >= 11 is 0. The highest BCUT2D eigenvalue weighted by Gasteiger charge is 2.16. The molecule has 0 spiro atoms. The molecule has 5 heteroatoms. The quantitative estimate of drug-likeness (QED) is 0.844. The maximum atomic E-state index is 11.9. The zero-order valence-electron chi connectivity index (χ0n) is 12.5. The van der Waals surface area contributed by atoms with Crippen molar-refractivity contribution in [1.29, 1.82) is 0 Å². The Morgan fingerprint density at radius 3 is 2.48 bits per heavy atom. The van der Waals surface area contributed by atoms with Crippen molar-refractivity contribution in [1.82, 2.24) is 15.5 Å². The lowest BCUT2D eigenvalue weighted by molar-refractivity contribution is -0.134. The molecule has 1 heterocycles. The molecule has 0 aliphatic carbocycles. The normalized spacial score (nSPS) is 14.8. The van der Waals surface area contributed by atoms with Gasteiger partial charge in [0, 0.05) is 45.6 Å². The second-order valence-corrected chi connectivity index (χ2v) is 5.39. The van der Waals surface area contributed by atoms with Crippen LogP contribution in [0.25, 0.3) is 0 Å². The first-order valence-electron chi connectivity index (χ1n) is 7.46. The van der Waals surface area contributed by atoms with Crippen LogP contribution in [-0.4, -0.2) is 42.9 Å². The molecule has 0 unspecified atom stereocenters. The molecule has 1 aromatic carbocycles. The van der Waals surface area contributed by atoms with Crippen LogP contribution in [0.5, 0.6) is 0 Å².